The van der Waals surface area contributed by atoms with E-state index in [0.717, 1.165) is 25.9 Å². The molecule has 6 nitrogen and oxygen atoms in total. The summed E-state index contributed by atoms with van der Waals surface area (Å²) in [5, 5.41) is 10.6. The summed E-state index contributed by atoms with van der Waals surface area (Å²) in [6, 6.07) is 2.24. The molecule has 0 spiro atoms. The number of hydrogen-bond acceptors (Lipinski definition) is 4. The van der Waals surface area contributed by atoms with E-state index < -0.39 is 0 Å². The fourth-order valence-corrected chi connectivity index (χ4v) is 3.36. The maximum Gasteiger partial charge on any atom is 0.251 e. The van der Waals surface area contributed by atoms with E-state index in [1.165, 1.54) is 19.3 Å². The average Bonchev–Trinajstić information content (AvgIpc) is 3.17. The second kappa shape index (κ2) is 7.24. The number of aromatic nitrogens is 2. The zero-order valence-corrected chi connectivity index (χ0v) is 13.3. The molecule has 0 unspecified atom stereocenters. The van der Waals surface area contributed by atoms with E-state index >= 15 is 0 Å². The average molecular weight is 306 g/mol. The van der Waals surface area contributed by atoms with Gasteiger partial charge in [-0.1, -0.05) is 19.8 Å². The van der Waals surface area contributed by atoms with E-state index in [0.29, 0.717) is 17.8 Å². The number of rotatable bonds is 5. The van der Waals surface area contributed by atoms with Crippen molar-refractivity contribution in [2.24, 2.45) is 5.92 Å². The third-order valence-electron chi connectivity index (χ3n) is 4.75. The number of ether oxygens (including phenoxy) is 1. The van der Waals surface area contributed by atoms with Gasteiger partial charge < -0.3 is 15.4 Å². The maximum absolute atomic E-state index is 12.0. The van der Waals surface area contributed by atoms with Gasteiger partial charge in [-0.3, -0.25) is 9.48 Å². The first-order valence-electron chi connectivity index (χ1n) is 8.39. The highest BCUT2D eigenvalue weighted by molar-refractivity contribution is 5.90. The van der Waals surface area contributed by atoms with Crippen LogP contribution in [0.3, 0.4) is 0 Å². The van der Waals surface area contributed by atoms with Gasteiger partial charge in [0.25, 0.3) is 5.91 Å². The van der Waals surface area contributed by atoms with E-state index in [-0.39, 0.29) is 18.6 Å². The molecule has 22 heavy (non-hydrogen) atoms. The second-order valence-corrected chi connectivity index (χ2v) is 6.49. The van der Waals surface area contributed by atoms with Crippen molar-refractivity contribution in [2.45, 2.75) is 51.2 Å². The van der Waals surface area contributed by atoms with Gasteiger partial charge in [0.15, 0.2) is 5.82 Å². The van der Waals surface area contributed by atoms with Crippen LogP contribution in [0.1, 0.15) is 45.1 Å². The molecule has 0 radical (unpaired) electrons. The molecule has 1 saturated heterocycles. The molecule has 1 saturated carbocycles. The Morgan fingerprint density at radius 2 is 2.32 bits per heavy atom. The minimum Gasteiger partial charge on any atom is -0.368 e. The molecule has 6 heteroatoms. The van der Waals surface area contributed by atoms with Crippen molar-refractivity contribution in [3.63, 3.8) is 0 Å². The minimum atomic E-state index is -0.118. The van der Waals surface area contributed by atoms with Gasteiger partial charge >= 0.3 is 0 Å². The monoisotopic (exact) mass is 306 g/mol. The summed E-state index contributed by atoms with van der Waals surface area (Å²) in [5.41, 5.74) is 0. The Morgan fingerprint density at radius 1 is 1.45 bits per heavy atom. The zero-order valence-electron chi connectivity index (χ0n) is 13.3. The molecule has 1 amide bonds. The summed E-state index contributed by atoms with van der Waals surface area (Å²) in [6.45, 7) is 4.29. The molecular weight excluding hydrogens is 280 g/mol. The van der Waals surface area contributed by atoms with Crippen molar-refractivity contribution < 1.29 is 9.53 Å². The Balaban J connectivity index is 1.45. The van der Waals surface area contributed by atoms with Crippen molar-refractivity contribution >= 4 is 11.7 Å². The van der Waals surface area contributed by atoms with E-state index in [2.05, 4.69) is 22.7 Å². The molecule has 1 aliphatic heterocycles. The Bertz CT molecular complexity index is 496. The third-order valence-corrected chi connectivity index (χ3v) is 4.75. The van der Waals surface area contributed by atoms with Gasteiger partial charge in [-0.15, -0.1) is 0 Å². The van der Waals surface area contributed by atoms with Gasteiger partial charge in [-0.25, -0.2) is 0 Å². The summed E-state index contributed by atoms with van der Waals surface area (Å²) < 4.78 is 7.71. The van der Waals surface area contributed by atoms with Crippen LogP contribution < -0.4 is 10.6 Å². The smallest absolute Gasteiger partial charge is 0.251 e. The predicted molar refractivity (Wildman–Crippen MR) is 84.8 cm³/mol. The topological polar surface area (TPSA) is 68.2 Å². The SMILES string of the molecule is C[C@@H]1CCCC[C@@H]1OCC(=O)Nc1ccn([C@@H]2CCNC2)n1. The van der Waals surface area contributed by atoms with Gasteiger partial charge in [0.1, 0.15) is 6.61 Å². The molecule has 1 aromatic heterocycles. The van der Waals surface area contributed by atoms with E-state index in [4.69, 9.17) is 4.74 Å². The maximum atomic E-state index is 12.0. The lowest BCUT2D eigenvalue weighted by atomic mass is 9.88. The molecule has 3 rings (SSSR count). The molecule has 0 bridgehead atoms. The van der Waals surface area contributed by atoms with Gasteiger partial charge in [-0.2, -0.15) is 5.10 Å². The summed E-state index contributed by atoms with van der Waals surface area (Å²) in [5.74, 6) is 1.04. The summed E-state index contributed by atoms with van der Waals surface area (Å²) in [4.78, 5) is 12.0. The number of hydrogen-bond donors (Lipinski definition) is 2. The number of nitrogens with one attached hydrogen (secondary N) is 2. The second-order valence-electron chi connectivity index (χ2n) is 6.49. The van der Waals surface area contributed by atoms with Crippen molar-refractivity contribution in [1.82, 2.24) is 15.1 Å². The molecule has 122 valence electrons. The van der Waals surface area contributed by atoms with Crippen LogP contribution in [0, 0.1) is 5.92 Å². The Morgan fingerprint density at radius 3 is 3.09 bits per heavy atom. The largest absolute Gasteiger partial charge is 0.368 e. The van der Waals surface area contributed by atoms with Crippen molar-refractivity contribution in [2.75, 3.05) is 25.0 Å². The first-order valence-corrected chi connectivity index (χ1v) is 8.39. The van der Waals surface area contributed by atoms with Crippen LogP contribution in [0.4, 0.5) is 5.82 Å². The van der Waals surface area contributed by atoms with Gasteiger partial charge in [0, 0.05) is 18.8 Å². The minimum absolute atomic E-state index is 0.118. The molecule has 2 N–H and O–H groups in total. The van der Waals surface area contributed by atoms with Crippen LogP contribution in [0.15, 0.2) is 12.3 Å². The van der Waals surface area contributed by atoms with Gasteiger partial charge in [0.2, 0.25) is 0 Å². The van der Waals surface area contributed by atoms with Crippen LogP contribution >= 0.6 is 0 Å². The van der Waals surface area contributed by atoms with Crippen molar-refractivity contribution in [3.05, 3.63) is 12.3 Å². The molecule has 0 aromatic carbocycles. The number of carbonyl (C=O) groups is 1. The zero-order chi connectivity index (χ0) is 15.4. The first kappa shape index (κ1) is 15.5. The summed E-state index contributed by atoms with van der Waals surface area (Å²) in [6.07, 6.45) is 7.98. The lowest BCUT2D eigenvalue weighted by molar-refractivity contribution is -0.124. The molecule has 1 aliphatic carbocycles. The lowest BCUT2D eigenvalue weighted by Crippen LogP contribution is -2.29. The van der Waals surface area contributed by atoms with E-state index in [1.807, 2.05) is 16.9 Å². The highest BCUT2D eigenvalue weighted by atomic mass is 16.5. The fourth-order valence-electron chi connectivity index (χ4n) is 3.36. The molecule has 1 aromatic rings. The Labute approximate surface area is 131 Å². The predicted octanol–water partition coefficient (Wildman–Crippen LogP) is 1.95. The summed E-state index contributed by atoms with van der Waals surface area (Å²) in [7, 11) is 0. The highest BCUT2D eigenvalue weighted by Crippen LogP contribution is 2.26. The number of nitrogens with zero attached hydrogens (tertiary/aromatic N) is 2. The normalized spacial score (nSPS) is 28.7. The summed E-state index contributed by atoms with van der Waals surface area (Å²) >= 11 is 0. The molecule has 2 fully saturated rings. The third kappa shape index (κ3) is 3.87. The molecular formula is C16H26N4O2. The van der Waals surface area contributed by atoms with Crippen LogP contribution in [0.25, 0.3) is 0 Å². The van der Waals surface area contributed by atoms with E-state index in [1.54, 1.807) is 0 Å². The van der Waals surface area contributed by atoms with Crippen LogP contribution in [0.2, 0.25) is 0 Å². The first-order chi connectivity index (χ1) is 10.7. The number of carbonyl (C=O) groups excluding carboxylic acids is 1. The van der Waals surface area contributed by atoms with Crippen LogP contribution in [-0.4, -0.2) is 41.5 Å². The van der Waals surface area contributed by atoms with Crippen LogP contribution in [0.5, 0.6) is 0 Å². The fraction of sp³-hybridized carbons (Fsp3) is 0.750. The number of amides is 1. The highest BCUT2D eigenvalue weighted by Gasteiger charge is 2.23. The van der Waals surface area contributed by atoms with Gasteiger partial charge in [0.05, 0.1) is 12.1 Å². The van der Waals surface area contributed by atoms with Crippen molar-refractivity contribution in [1.29, 1.82) is 0 Å². The standard InChI is InChI=1S/C16H26N4O2/c1-12-4-2-3-5-14(12)22-11-16(21)18-15-7-9-20(19-15)13-6-8-17-10-13/h7,9,12-14,17H,2-6,8,10-11H2,1H3,(H,18,19,21)/t12-,13-,14+/m1/s1. The van der Waals surface area contributed by atoms with Crippen molar-refractivity contribution in [3.8, 4) is 0 Å². The lowest BCUT2D eigenvalue weighted by Gasteiger charge is -2.28. The van der Waals surface area contributed by atoms with Crippen LogP contribution in [-0.2, 0) is 9.53 Å². The van der Waals surface area contributed by atoms with Gasteiger partial charge in [-0.05, 0) is 31.7 Å². The van der Waals surface area contributed by atoms with E-state index in [9.17, 15) is 4.79 Å². The number of anilines is 1. The Kier molecular flexibility index (Phi) is 5.10. The molecule has 2 aliphatic rings. The molecule has 2 heterocycles. The Hall–Kier alpha value is -1.40. The quantitative estimate of drug-likeness (QED) is 0.872. The molecule has 3 atom stereocenters.